The molecule has 0 aromatic heterocycles. The van der Waals surface area contributed by atoms with Gasteiger partial charge in [-0.3, -0.25) is 0 Å². The summed E-state index contributed by atoms with van der Waals surface area (Å²) in [6, 6.07) is 20.0. The first-order chi connectivity index (χ1) is 20.1. The van der Waals surface area contributed by atoms with Crippen LogP contribution in [-0.4, -0.2) is 29.9 Å². The fraction of sp³-hybridized carbons (Fsp3) is 0.257. The third-order valence-electron chi connectivity index (χ3n) is 7.06. The third-order valence-corrected chi connectivity index (χ3v) is 7.06. The number of allylic oxidation sites excluding steroid dienone is 3. The number of anilines is 2. The maximum Gasteiger partial charge on any atom is 0.335 e. The standard InChI is InChI=1S/C35H37FN2O4/c1-6-27(24-10-8-7-9-11-24)29-17-25(28-19-31(36)23(5)16-30(28)34(39)40)18-32(33(29)42-20-21(2)3)38-35(41)37-26-14-12-22(4)13-15-26/h6-19,21,23,27,31H,1,20H2,2-5H3,(H,39,40)(H2,37,38,41). The highest BCUT2D eigenvalue weighted by atomic mass is 19.1. The summed E-state index contributed by atoms with van der Waals surface area (Å²) in [5.41, 5.74) is 4.27. The van der Waals surface area contributed by atoms with Gasteiger partial charge in [0.2, 0.25) is 0 Å². The number of nitrogens with one attached hydrogen (secondary N) is 2. The predicted molar refractivity (Wildman–Crippen MR) is 167 cm³/mol. The number of hydrogen-bond acceptors (Lipinski definition) is 3. The fourth-order valence-corrected chi connectivity index (χ4v) is 4.85. The van der Waals surface area contributed by atoms with Crippen LogP contribution in [0.2, 0.25) is 0 Å². The normalized spacial score (nSPS) is 17.1. The van der Waals surface area contributed by atoms with Crippen molar-refractivity contribution in [2.75, 3.05) is 17.2 Å². The third kappa shape index (κ3) is 7.16. The Morgan fingerprint density at radius 1 is 1.05 bits per heavy atom. The second kappa shape index (κ2) is 13.3. The molecule has 0 fully saturated rings. The molecule has 4 rings (SSSR count). The first kappa shape index (κ1) is 30.3. The number of amides is 2. The van der Waals surface area contributed by atoms with Gasteiger partial charge >= 0.3 is 12.0 Å². The monoisotopic (exact) mass is 568 g/mol. The molecule has 0 bridgehead atoms. The molecule has 3 aromatic rings. The highest BCUT2D eigenvalue weighted by Crippen LogP contribution is 2.43. The van der Waals surface area contributed by atoms with Crippen molar-refractivity contribution in [1.82, 2.24) is 0 Å². The molecule has 0 heterocycles. The molecule has 42 heavy (non-hydrogen) atoms. The molecule has 3 aromatic carbocycles. The van der Waals surface area contributed by atoms with Crippen LogP contribution in [0, 0.1) is 18.8 Å². The van der Waals surface area contributed by atoms with Gasteiger partial charge in [-0.2, -0.15) is 0 Å². The Morgan fingerprint density at radius 3 is 2.36 bits per heavy atom. The van der Waals surface area contributed by atoms with Gasteiger partial charge in [0.15, 0.2) is 0 Å². The Labute approximate surface area is 246 Å². The topological polar surface area (TPSA) is 87.7 Å². The average Bonchev–Trinajstić information content (AvgIpc) is 2.95. The number of rotatable bonds is 10. The summed E-state index contributed by atoms with van der Waals surface area (Å²) in [6.45, 7) is 12.1. The molecule has 0 saturated heterocycles. The first-order valence-electron chi connectivity index (χ1n) is 14.0. The lowest BCUT2D eigenvalue weighted by molar-refractivity contribution is -0.132. The van der Waals surface area contributed by atoms with Crippen molar-refractivity contribution in [3.05, 3.63) is 119 Å². The van der Waals surface area contributed by atoms with Crippen molar-refractivity contribution >= 4 is 28.9 Å². The van der Waals surface area contributed by atoms with Crippen LogP contribution in [0.25, 0.3) is 5.57 Å². The minimum atomic E-state index is -1.37. The molecular weight excluding hydrogens is 531 g/mol. The number of ether oxygens (including phenoxy) is 1. The van der Waals surface area contributed by atoms with Crippen molar-refractivity contribution in [2.24, 2.45) is 11.8 Å². The number of hydrogen-bond donors (Lipinski definition) is 3. The first-order valence-corrected chi connectivity index (χ1v) is 14.0. The highest BCUT2D eigenvalue weighted by molar-refractivity contribution is 6.07. The number of carboxylic acid groups (broad SMARTS) is 1. The Kier molecular flexibility index (Phi) is 9.63. The van der Waals surface area contributed by atoms with Crippen LogP contribution in [0.4, 0.5) is 20.6 Å². The van der Waals surface area contributed by atoms with Gasteiger partial charge in [0.25, 0.3) is 0 Å². The number of alkyl halides is 1. The summed E-state index contributed by atoms with van der Waals surface area (Å²) in [7, 11) is 0. The fourth-order valence-electron chi connectivity index (χ4n) is 4.85. The molecule has 3 atom stereocenters. The van der Waals surface area contributed by atoms with E-state index in [1.165, 1.54) is 12.2 Å². The van der Waals surface area contributed by atoms with Crippen molar-refractivity contribution in [1.29, 1.82) is 0 Å². The summed E-state index contributed by atoms with van der Waals surface area (Å²) in [5, 5.41) is 15.8. The Morgan fingerprint density at radius 2 is 1.74 bits per heavy atom. The molecule has 1 aliphatic carbocycles. The van der Waals surface area contributed by atoms with E-state index < -0.39 is 24.1 Å². The summed E-state index contributed by atoms with van der Waals surface area (Å²) in [4.78, 5) is 25.5. The van der Waals surface area contributed by atoms with Crippen LogP contribution < -0.4 is 15.4 Å². The molecular formula is C35H37FN2O4. The molecule has 218 valence electrons. The van der Waals surface area contributed by atoms with Crippen LogP contribution in [0.15, 0.2) is 97.1 Å². The lowest BCUT2D eigenvalue weighted by Gasteiger charge is -2.26. The predicted octanol–water partition coefficient (Wildman–Crippen LogP) is 8.37. The second-order valence-electron chi connectivity index (χ2n) is 11.0. The van der Waals surface area contributed by atoms with Gasteiger partial charge in [0.1, 0.15) is 11.9 Å². The van der Waals surface area contributed by atoms with Gasteiger partial charge in [-0.15, -0.1) is 6.58 Å². The number of carboxylic acids is 1. The van der Waals surface area contributed by atoms with Crippen molar-refractivity contribution in [2.45, 2.75) is 39.8 Å². The molecule has 0 aliphatic heterocycles. The number of halogens is 1. The molecule has 0 radical (unpaired) electrons. The highest BCUT2D eigenvalue weighted by Gasteiger charge is 2.29. The maximum absolute atomic E-state index is 15.0. The molecule has 0 saturated carbocycles. The zero-order valence-corrected chi connectivity index (χ0v) is 24.4. The van der Waals surface area contributed by atoms with E-state index in [1.807, 2.05) is 69.3 Å². The number of urea groups is 1. The van der Waals surface area contributed by atoms with E-state index in [0.29, 0.717) is 34.9 Å². The van der Waals surface area contributed by atoms with Gasteiger partial charge in [0, 0.05) is 23.1 Å². The van der Waals surface area contributed by atoms with E-state index in [9.17, 15) is 19.1 Å². The lowest BCUT2D eigenvalue weighted by Crippen LogP contribution is -2.22. The van der Waals surface area contributed by atoms with Gasteiger partial charge < -0.3 is 20.5 Å². The van der Waals surface area contributed by atoms with E-state index >= 15 is 0 Å². The molecule has 6 nitrogen and oxygen atoms in total. The van der Waals surface area contributed by atoms with Crippen molar-refractivity contribution in [3.8, 4) is 5.75 Å². The minimum Gasteiger partial charge on any atom is -0.491 e. The summed E-state index contributed by atoms with van der Waals surface area (Å²) < 4.78 is 21.3. The van der Waals surface area contributed by atoms with E-state index in [1.54, 1.807) is 31.2 Å². The Bertz CT molecular complexity index is 1510. The van der Waals surface area contributed by atoms with Gasteiger partial charge in [-0.1, -0.05) is 81.0 Å². The maximum atomic E-state index is 15.0. The van der Waals surface area contributed by atoms with E-state index in [4.69, 9.17) is 4.74 Å². The molecule has 2 amide bonds. The number of benzene rings is 3. The average molecular weight is 569 g/mol. The van der Waals surface area contributed by atoms with Crippen LogP contribution in [0.1, 0.15) is 48.9 Å². The molecule has 7 heteroatoms. The van der Waals surface area contributed by atoms with E-state index in [2.05, 4.69) is 17.2 Å². The van der Waals surface area contributed by atoms with Crippen LogP contribution in [0.5, 0.6) is 5.75 Å². The zero-order chi connectivity index (χ0) is 30.4. The van der Waals surface area contributed by atoms with E-state index in [0.717, 1.165) is 11.1 Å². The largest absolute Gasteiger partial charge is 0.491 e. The Hall–Kier alpha value is -4.65. The van der Waals surface area contributed by atoms with E-state index in [-0.39, 0.29) is 23.0 Å². The van der Waals surface area contributed by atoms with Crippen molar-refractivity contribution < 1.29 is 23.8 Å². The summed E-state index contributed by atoms with van der Waals surface area (Å²) >= 11 is 0. The van der Waals surface area contributed by atoms with Gasteiger partial charge in [-0.25, -0.2) is 14.0 Å². The number of carbonyl (C=O) groups is 2. The van der Waals surface area contributed by atoms with Crippen LogP contribution >= 0.6 is 0 Å². The van der Waals surface area contributed by atoms with Gasteiger partial charge in [0.05, 0.1) is 17.9 Å². The molecule has 1 aliphatic rings. The quantitative estimate of drug-likeness (QED) is 0.214. The van der Waals surface area contributed by atoms with Crippen LogP contribution in [0.3, 0.4) is 0 Å². The number of aryl methyl sites for hydroxylation is 1. The molecule has 3 unspecified atom stereocenters. The number of aliphatic carboxylic acids is 1. The zero-order valence-electron chi connectivity index (χ0n) is 24.4. The molecule has 3 N–H and O–H groups in total. The van der Waals surface area contributed by atoms with Crippen molar-refractivity contribution in [3.63, 3.8) is 0 Å². The smallest absolute Gasteiger partial charge is 0.335 e. The minimum absolute atomic E-state index is 0.00289. The molecule has 0 spiro atoms. The van der Waals surface area contributed by atoms with Crippen LogP contribution in [-0.2, 0) is 4.79 Å². The summed E-state index contributed by atoms with van der Waals surface area (Å²) in [6.07, 6.45) is 3.18. The lowest BCUT2D eigenvalue weighted by atomic mass is 9.83. The second-order valence-corrected chi connectivity index (χ2v) is 11.0. The number of carbonyl (C=O) groups excluding carboxylic acids is 1. The summed E-state index contributed by atoms with van der Waals surface area (Å²) in [5.74, 6) is -1.49. The Balaban J connectivity index is 1.90. The van der Waals surface area contributed by atoms with Gasteiger partial charge in [-0.05, 0) is 59.9 Å². The SMILES string of the molecule is C=CC(c1ccccc1)c1cc(C2=CC(F)C(C)C=C2C(=O)O)cc(NC(=O)Nc2ccc(C)cc2)c1OCC(C)C.